The molecule has 47 heavy (non-hydrogen) atoms. The van der Waals surface area contributed by atoms with E-state index < -0.39 is 68.2 Å². The molecule has 2 N–H and O–H groups in total. The summed E-state index contributed by atoms with van der Waals surface area (Å²) in [6.07, 6.45) is -2.78. The lowest BCUT2D eigenvalue weighted by Gasteiger charge is -2.31. The summed E-state index contributed by atoms with van der Waals surface area (Å²) in [5.74, 6) is -3.17. The molecule has 12 nitrogen and oxygen atoms in total. The summed E-state index contributed by atoms with van der Waals surface area (Å²) in [5, 5.41) is 5.54. The van der Waals surface area contributed by atoms with E-state index in [9.17, 15) is 23.7 Å². The van der Waals surface area contributed by atoms with Crippen molar-refractivity contribution in [2.45, 2.75) is 86.4 Å². The minimum atomic E-state index is -4.30. The van der Waals surface area contributed by atoms with Gasteiger partial charge in [-0.05, 0) is 30.0 Å². The molecule has 2 aromatic rings. The van der Waals surface area contributed by atoms with Gasteiger partial charge < -0.3 is 19.5 Å². The number of carbonyl (C=O) groups excluding carboxylic acids is 4. The summed E-state index contributed by atoms with van der Waals surface area (Å²) in [4.78, 5) is 49.7. The molecule has 260 valence electrons. The van der Waals surface area contributed by atoms with Crippen LogP contribution in [-0.2, 0) is 53.4 Å². The van der Waals surface area contributed by atoms with Crippen LogP contribution in [0.3, 0.4) is 0 Å². The summed E-state index contributed by atoms with van der Waals surface area (Å²) in [6, 6.07) is 16.4. The zero-order valence-electron chi connectivity index (χ0n) is 28.4. The predicted molar refractivity (Wildman–Crippen MR) is 177 cm³/mol. The van der Waals surface area contributed by atoms with Crippen molar-refractivity contribution >= 4 is 31.4 Å². The molecule has 0 bridgehead atoms. The Morgan fingerprint density at radius 3 is 1.70 bits per heavy atom. The Kier molecular flexibility index (Phi) is 16.8. The van der Waals surface area contributed by atoms with Gasteiger partial charge in [-0.25, -0.2) is 0 Å². The maximum atomic E-state index is 14.4. The predicted octanol–water partition coefficient (Wildman–Crippen LogP) is 5.59. The quantitative estimate of drug-likeness (QED) is 0.0781. The van der Waals surface area contributed by atoms with Crippen LogP contribution in [0.15, 0.2) is 54.6 Å². The second-order valence-corrected chi connectivity index (χ2v) is 13.4. The normalized spacial score (nSPS) is 14.5. The van der Waals surface area contributed by atoms with Gasteiger partial charge in [0.25, 0.3) is 0 Å². The van der Waals surface area contributed by atoms with E-state index in [1.807, 2.05) is 54.6 Å². The minimum Gasteiger partial charge on any atom is -0.465 e. The molecule has 0 radical (unpaired) electrons. The van der Waals surface area contributed by atoms with Crippen LogP contribution in [0, 0.1) is 11.8 Å². The van der Waals surface area contributed by atoms with Crippen molar-refractivity contribution in [3.63, 3.8) is 0 Å². The fourth-order valence-electron chi connectivity index (χ4n) is 4.07. The summed E-state index contributed by atoms with van der Waals surface area (Å²) >= 11 is 0. The van der Waals surface area contributed by atoms with Crippen LogP contribution in [-0.4, -0.2) is 61.9 Å². The number of esters is 3. The molecule has 3 unspecified atom stereocenters. The molecule has 13 heteroatoms. The molecule has 3 atom stereocenters. The van der Waals surface area contributed by atoms with Gasteiger partial charge in [-0.15, -0.1) is 0 Å². The van der Waals surface area contributed by atoms with Gasteiger partial charge in [-0.3, -0.25) is 38.1 Å². The van der Waals surface area contributed by atoms with Crippen molar-refractivity contribution in [1.82, 2.24) is 10.6 Å². The molecule has 0 aliphatic carbocycles. The average Bonchev–Trinajstić information content (AvgIpc) is 3.05. The summed E-state index contributed by atoms with van der Waals surface area (Å²) < 4.78 is 41.9. The number of carbonyl (C=O) groups is 4. The van der Waals surface area contributed by atoms with Crippen molar-refractivity contribution in [3.05, 3.63) is 60.2 Å². The largest absolute Gasteiger partial charge is 0.465 e. The lowest BCUT2D eigenvalue weighted by molar-refractivity contribution is -0.178. The average molecular weight is 677 g/mol. The van der Waals surface area contributed by atoms with Crippen LogP contribution >= 0.6 is 7.60 Å². The minimum absolute atomic E-state index is 0.0600. The third kappa shape index (κ3) is 14.0. The summed E-state index contributed by atoms with van der Waals surface area (Å²) in [7, 11) is -4.30. The molecule has 0 fully saturated rings. The smallest absolute Gasteiger partial charge is 0.350 e. The Hall–Kier alpha value is -3.57. The van der Waals surface area contributed by atoms with Crippen molar-refractivity contribution < 1.29 is 47.0 Å². The van der Waals surface area contributed by atoms with Crippen LogP contribution < -0.4 is 10.6 Å². The van der Waals surface area contributed by atoms with Crippen LogP contribution in [0.5, 0.6) is 0 Å². The van der Waals surface area contributed by atoms with Gasteiger partial charge in [0, 0.05) is 24.7 Å². The van der Waals surface area contributed by atoms with Crippen molar-refractivity contribution in [3.8, 4) is 11.1 Å². The highest BCUT2D eigenvalue weighted by atomic mass is 31.2. The fourth-order valence-corrected chi connectivity index (χ4v) is 5.92. The summed E-state index contributed by atoms with van der Waals surface area (Å²) in [5.41, 5.74) is 2.79. The molecule has 0 spiro atoms. The maximum Gasteiger partial charge on any atom is 0.350 e. The highest BCUT2D eigenvalue weighted by Gasteiger charge is 2.38. The van der Waals surface area contributed by atoms with Crippen LogP contribution in [0.25, 0.3) is 11.1 Å². The fraction of sp³-hybridized carbons (Fsp3) is 0.529. The zero-order valence-corrected chi connectivity index (χ0v) is 29.2. The summed E-state index contributed by atoms with van der Waals surface area (Å²) in [6.45, 7) is 11.5. The third-order valence-corrected chi connectivity index (χ3v) is 8.38. The van der Waals surface area contributed by atoms with Gasteiger partial charge in [-0.2, -0.15) is 0 Å². The first-order valence-electron chi connectivity index (χ1n) is 16.0. The monoisotopic (exact) mass is 676 g/mol. The van der Waals surface area contributed by atoms with Crippen molar-refractivity contribution in [2.24, 2.45) is 11.8 Å². The van der Waals surface area contributed by atoms with Crippen LogP contribution in [0.4, 0.5) is 0 Å². The van der Waals surface area contributed by atoms with E-state index in [1.165, 1.54) is 0 Å². The number of benzene rings is 2. The molecule has 1 amide bonds. The standard InChI is InChI=1S/C34H49N2O10P/c1-8-29(37)43-33(23(4)5)45-47(41,46-34(24(6)7)44-30(38)9-2)22-36-28(32(40)35-21-31(39)42-10-3)20-25-16-18-27(19-17-25)26-14-12-11-13-15-26/h11-19,23-24,28,33-34,36H,8-10,20-22H2,1-7H3,(H,35,40). The van der Waals surface area contributed by atoms with E-state index in [2.05, 4.69) is 10.6 Å². The Bertz CT molecular complexity index is 1300. The van der Waals surface area contributed by atoms with E-state index in [0.717, 1.165) is 16.7 Å². The Morgan fingerprint density at radius 2 is 1.23 bits per heavy atom. The van der Waals surface area contributed by atoms with Gasteiger partial charge in [0.1, 0.15) is 6.54 Å². The first kappa shape index (κ1) is 39.6. The molecule has 0 aliphatic rings. The van der Waals surface area contributed by atoms with E-state index in [-0.39, 0.29) is 32.4 Å². The van der Waals surface area contributed by atoms with E-state index >= 15 is 0 Å². The van der Waals surface area contributed by atoms with Crippen molar-refractivity contribution in [2.75, 3.05) is 19.4 Å². The molecular weight excluding hydrogens is 627 g/mol. The Labute approximate surface area is 277 Å². The maximum absolute atomic E-state index is 14.4. The molecule has 2 aromatic carbocycles. The highest BCUT2D eigenvalue weighted by molar-refractivity contribution is 7.53. The van der Waals surface area contributed by atoms with Gasteiger partial charge in [0.05, 0.1) is 18.9 Å². The Morgan fingerprint density at radius 1 is 0.723 bits per heavy atom. The SMILES string of the molecule is CCOC(=O)CNC(=O)C(Cc1ccc(-c2ccccc2)cc1)NCP(=O)(OC(OC(=O)CC)C(C)C)OC(OC(=O)CC)C(C)C. The van der Waals surface area contributed by atoms with E-state index in [0.29, 0.717) is 0 Å². The number of hydrogen-bond acceptors (Lipinski definition) is 11. The number of amides is 1. The van der Waals surface area contributed by atoms with Gasteiger partial charge >= 0.3 is 25.5 Å². The van der Waals surface area contributed by atoms with Crippen LogP contribution in [0.1, 0.15) is 66.9 Å². The molecule has 0 saturated heterocycles. The van der Waals surface area contributed by atoms with Crippen LogP contribution in [0.2, 0.25) is 0 Å². The number of ether oxygens (including phenoxy) is 3. The highest BCUT2D eigenvalue weighted by Crippen LogP contribution is 2.51. The van der Waals surface area contributed by atoms with Gasteiger partial charge in [0.2, 0.25) is 18.5 Å². The number of rotatable bonds is 20. The lowest BCUT2D eigenvalue weighted by Crippen LogP contribution is -2.47. The van der Waals surface area contributed by atoms with Gasteiger partial charge in [0.15, 0.2) is 0 Å². The molecule has 0 aromatic heterocycles. The van der Waals surface area contributed by atoms with E-state index in [4.69, 9.17) is 23.3 Å². The lowest BCUT2D eigenvalue weighted by atomic mass is 10.0. The van der Waals surface area contributed by atoms with Gasteiger partial charge in [-0.1, -0.05) is 96.1 Å². The number of hydrogen-bond donors (Lipinski definition) is 2. The molecular formula is C34H49N2O10P. The first-order valence-corrected chi connectivity index (χ1v) is 17.7. The number of nitrogens with one attached hydrogen (secondary N) is 2. The molecule has 0 aliphatic heterocycles. The second kappa shape index (κ2) is 19.9. The van der Waals surface area contributed by atoms with E-state index in [1.54, 1.807) is 48.5 Å². The van der Waals surface area contributed by atoms with Crippen molar-refractivity contribution in [1.29, 1.82) is 0 Å². The Balaban J connectivity index is 2.40. The first-order chi connectivity index (χ1) is 22.3. The zero-order chi connectivity index (χ0) is 35.0. The topological polar surface area (TPSA) is 156 Å². The molecule has 0 saturated carbocycles. The third-order valence-electron chi connectivity index (χ3n) is 6.75. The second-order valence-electron chi connectivity index (χ2n) is 11.4. The molecule has 2 rings (SSSR count). The molecule has 0 heterocycles.